The molecule has 1 aromatic carbocycles. The Bertz CT molecular complexity index is 496. The van der Waals surface area contributed by atoms with E-state index in [2.05, 4.69) is 5.32 Å². The van der Waals surface area contributed by atoms with Crippen molar-refractivity contribution in [2.45, 2.75) is 13.0 Å². The van der Waals surface area contributed by atoms with Gasteiger partial charge in [-0.15, -0.1) is 0 Å². The van der Waals surface area contributed by atoms with Gasteiger partial charge in [0.15, 0.2) is 6.10 Å². The second kappa shape index (κ2) is 5.62. The molecule has 4 nitrogen and oxygen atoms in total. The Morgan fingerprint density at radius 2 is 2.00 bits per heavy atom. The van der Waals surface area contributed by atoms with Gasteiger partial charge < -0.3 is 15.0 Å². The van der Waals surface area contributed by atoms with Crippen molar-refractivity contribution in [3.05, 3.63) is 29.3 Å². The number of carbonyl (C=O) groups is 1. The van der Waals surface area contributed by atoms with E-state index in [-0.39, 0.29) is 5.91 Å². The quantitative estimate of drug-likeness (QED) is 0.924. The van der Waals surface area contributed by atoms with Crippen molar-refractivity contribution >= 4 is 17.5 Å². The number of rotatable bonds is 3. The molecule has 0 aromatic heterocycles. The molecule has 3 rings (SSSR count). The molecule has 1 unspecified atom stereocenters. The second-order valence-electron chi connectivity index (χ2n) is 5.61. The van der Waals surface area contributed by atoms with Crippen LogP contribution >= 0.6 is 11.6 Å². The van der Waals surface area contributed by atoms with Gasteiger partial charge in [-0.3, -0.25) is 4.79 Å². The van der Waals surface area contributed by atoms with Gasteiger partial charge in [0.1, 0.15) is 5.75 Å². The topological polar surface area (TPSA) is 41.6 Å². The van der Waals surface area contributed by atoms with Gasteiger partial charge in [-0.1, -0.05) is 23.7 Å². The Kier molecular flexibility index (Phi) is 3.85. The van der Waals surface area contributed by atoms with Crippen LogP contribution in [0.15, 0.2) is 24.3 Å². The molecule has 0 aliphatic carbocycles. The second-order valence-corrected chi connectivity index (χ2v) is 6.02. The van der Waals surface area contributed by atoms with E-state index in [9.17, 15) is 4.79 Å². The number of hydrogen-bond donors (Lipinski definition) is 1. The van der Waals surface area contributed by atoms with Crippen LogP contribution < -0.4 is 10.1 Å². The molecule has 1 amide bonds. The Balaban J connectivity index is 1.61. The minimum Gasteiger partial charge on any atom is -0.479 e. The summed E-state index contributed by atoms with van der Waals surface area (Å²) in [5.41, 5.74) is 0. The number of hydrogen-bond acceptors (Lipinski definition) is 3. The zero-order chi connectivity index (χ0) is 14.1. The lowest BCUT2D eigenvalue weighted by Crippen LogP contribution is -2.40. The van der Waals surface area contributed by atoms with Gasteiger partial charge in [-0.2, -0.15) is 0 Å². The first-order valence-corrected chi connectivity index (χ1v) is 7.43. The molecule has 0 spiro atoms. The number of para-hydroxylation sites is 1. The molecule has 1 N–H and O–H groups in total. The highest BCUT2D eigenvalue weighted by Crippen LogP contribution is 2.28. The van der Waals surface area contributed by atoms with Crippen LogP contribution in [0.3, 0.4) is 0 Å². The molecule has 2 aliphatic heterocycles. The average Bonchev–Trinajstić information content (AvgIpc) is 3.01. The fraction of sp³-hybridized carbons (Fsp3) is 0.533. The minimum atomic E-state index is -0.498. The Labute approximate surface area is 124 Å². The standard InChI is InChI=1S/C15H19ClN2O2/c1-10(20-14-5-3-2-4-13(14)16)15(19)18-8-11-6-17-7-12(11)9-18/h2-5,10-12,17H,6-9H2,1H3/t10?,11-,12+. The van der Waals surface area contributed by atoms with Crippen LogP contribution in [0.1, 0.15) is 6.92 Å². The number of halogens is 1. The van der Waals surface area contributed by atoms with E-state index in [0.29, 0.717) is 22.6 Å². The van der Waals surface area contributed by atoms with Crippen LogP contribution in [0.2, 0.25) is 5.02 Å². The van der Waals surface area contributed by atoms with E-state index in [1.807, 2.05) is 17.0 Å². The number of fused-ring (bicyclic) bond motifs is 1. The first-order chi connectivity index (χ1) is 9.65. The maximum absolute atomic E-state index is 12.4. The van der Waals surface area contributed by atoms with E-state index in [1.165, 1.54) is 0 Å². The van der Waals surface area contributed by atoms with Gasteiger partial charge in [0.2, 0.25) is 0 Å². The number of nitrogens with zero attached hydrogens (tertiary/aromatic N) is 1. The summed E-state index contributed by atoms with van der Waals surface area (Å²) < 4.78 is 5.70. The predicted molar refractivity (Wildman–Crippen MR) is 78.0 cm³/mol. The third kappa shape index (κ3) is 2.63. The fourth-order valence-electron chi connectivity index (χ4n) is 3.07. The van der Waals surface area contributed by atoms with Crippen molar-refractivity contribution in [1.29, 1.82) is 0 Å². The summed E-state index contributed by atoms with van der Waals surface area (Å²) in [5, 5.41) is 3.91. The van der Waals surface area contributed by atoms with Gasteiger partial charge in [-0.25, -0.2) is 0 Å². The van der Waals surface area contributed by atoms with E-state index in [0.717, 1.165) is 26.2 Å². The third-order valence-corrected chi connectivity index (χ3v) is 4.50. The van der Waals surface area contributed by atoms with Crippen LogP contribution in [-0.4, -0.2) is 43.1 Å². The van der Waals surface area contributed by atoms with Crippen LogP contribution in [0, 0.1) is 11.8 Å². The molecule has 0 saturated carbocycles. The zero-order valence-corrected chi connectivity index (χ0v) is 12.3. The van der Waals surface area contributed by atoms with Crippen LogP contribution in [-0.2, 0) is 4.79 Å². The Hall–Kier alpha value is -1.26. The van der Waals surface area contributed by atoms with Gasteiger partial charge in [0, 0.05) is 26.2 Å². The lowest BCUT2D eigenvalue weighted by molar-refractivity contribution is -0.137. The molecule has 108 valence electrons. The zero-order valence-electron chi connectivity index (χ0n) is 11.5. The molecule has 2 heterocycles. The third-order valence-electron chi connectivity index (χ3n) is 4.19. The first-order valence-electron chi connectivity index (χ1n) is 7.06. The van der Waals surface area contributed by atoms with E-state index < -0.39 is 6.10 Å². The van der Waals surface area contributed by atoms with E-state index in [4.69, 9.17) is 16.3 Å². The first kappa shape index (κ1) is 13.7. The average molecular weight is 295 g/mol. The molecule has 1 aromatic rings. The molecule has 2 fully saturated rings. The summed E-state index contributed by atoms with van der Waals surface area (Å²) in [7, 11) is 0. The smallest absolute Gasteiger partial charge is 0.263 e. The summed E-state index contributed by atoms with van der Waals surface area (Å²) in [6.07, 6.45) is -0.498. The molecule has 5 heteroatoms. The number of amides is 1. The highest BCUT2D eigenvalue weighted by atomic mass is 35.5. The fourth-order valence-corrected chi connectivity index (χ4v) is 3.25. The van der Waals surface area contributed by atoms with Crippen LogP contribution in [0.25, 0.3) is 0 Å². The lowest BCUT2D eigenvalue weighted by atomic mass is 10.0. The number of likely N-dealkylation sites (tertiary alicyclic amines) is 1. The van der Waals surface area contributed by atoms with Gasteiger partial charge in [0.25, 0.3) is 5.91 Å². The van der Waals surface area contributed by atoms with Crippen molar-refractivity contribution in [2.75, 3.05) is 26.2 Å². The molecular formula is C15H19ClN2O2. The molecule has 2 aliphatic rings. The van der Waals surface area contributed by atoms with Crippen molar-refractivity contribution in [3.63, 3.8) is 0 Å². The summed E-state index contributed by atoms with van der Waals surface area (Å²) in [6.45, 7) is 5.51. The van der Waals surface area contributed by atoms with Crippen LogP contribution in [0.4, 0.5) is 0 Å². The minimum absolute atomic E-state index is 0.0549. The molecule has 3 atom stereocenters. The number of benzene rings is 1. The summed E-state index contributed by atoms with van der Waals surface area (Å²) in [5.74, 6) is 1.83. The van der Waals surface area contributed by atoms with Crippen molar-refractivity contribution in [1.82, 2.24) is 10.2 Å². The maximum atomic E-state index is 12.4. The summed E-state index contributed by atoms with van der Waals surface area (Å²) in [6, 6.07) is 7.25. The number of ether oxygens (including phenoxy) is 1. The Morgan fingerprint density at radius 3 is 2.65 bits per heavy atom. The normalized spacial score (nSPS) is 26.4. The predicted octanol–water partition coefficient (Wildman–Crippen LogP) is 1.79. The van der Waals surface area contributed by atoms with Gasteiger partial charge in [0.05, 0.1) is 5.02 Å². The van der Waals surface area contributed by atoms with Crippen molar-refractivity contribution in [3.8, 4) is 5.75 Å². The van der Waals surface area contributed by atoms with E-state index in [1.54, 1.807) is 19.1 Å². The van der Waals surface area contributed by atoms with E-state index >= 15 is 0 Å². The largest absolute Gasteiger partial charge is 0.479 e. The van der Waals surface area contributed by atoms with Crippen LogP contribution in [0.5, 0.6) is 5.75 Å². The van der Waals surface area contributed by atoms with Gasteiger partial charge in [-0.05, 0) is 30.9 Å². The van der Waals surface area contributed by atoms with Gasteiger partial charge >= 0.3 is 0 Å². The highest BCUT2D eigenvalue weighted by molar-refractivity contribution is 6.32. The lowest BCUT2D eigenvalue weighted by Gasteiger charge is -2.22. The highest BCUT2D eigenvalue weighted by Gasteiger charge is 2.39. The number of carbonyl (C=O) groups excluding carboxylic acids is 1. The van der Waals surface area contributed by atoms with Crippen molar-refractivity contribution < 1.29 is 9.53 Å². The summed E-state index contributed by atoms with van der Waals surface area (Å²) >= 11 is 6.05. The monoisotopic (exact) mass is 294 g/mol. The molecule has 20 heavy (non-hydrogen) atoms. The number of nitrogens with one attached hydrogen (secondary N) is 1. The summed E-state index contributed by atoms with van der Waals surface area (Å²) in [4.78, 5) is 14.4. The molecule has 2 saturated heterocycles. The Morgan fingerprint density at radius 1 is 1.35 bits per heavy atom. The molecular weight excluding hydrogens is 276 g/mol. The molecule has 0 radical (unpaired) electrons. The maximum Gasteiger partial charge on any atom is 0.263 e. The van der Waals surface area contributed by atoms with Crippen molar-refractivity contribution in [2.24, 2.45) is 11.8 Å². The molecule has 0 bridgehead atoms. The SMILES string of the molecule is CC(Oc1ccccc1Cl)C(=O)N1C[C@H]2CNC[C@H]2C1.